The molecule has 2 amide bonds. The first-order valence-corrected chi connectivity index (χ1v) is 7.47. The van der Waals surface area contributed by atoms with Crippen molar-refractivity contribution in [3.05, 3.63) is 23.4 Å². The number of H-pyrrole nitrogens is 1. The Kier molecular flexibility index (Phi) is 2.75. The molecule has 4 rings (SSSR count). The van der Waals surface area contributed by atoms with Crippen LogP contribution in [0.3, 0.4) is 0 Å². The summed E-state index contributed by atoms with van der Waals surface area (Å²) < 4.78 is 0. The van der Waals surface area contributed by atoms with Gasteiger partial charge in [-0.2, -0.15) is 5.10 Å². The lowest BCUT2D eigenvalue weighted by Gasteiger charge is -2.39. The second kappa shape index (κ2) is 4.53. The lowest BCUT2D eigenvalue weighted by molar-refractivity contribution is 0.240. The van der Waals surface area contributed by atoms with E-state index in [1.54, 1.807) is 0 Å². The smallest absolute Gasteiger partial charge is 0.315 e. The second-order valence-corrected chi connectivity index (χ2v) is 6.27. The second-order valence-electron chi connectivity index (χ2n) is 5.83. The number of urea groups is 1. The van der Waals surface area contributed by atoms with E-state index in [-0.39, 0.29) is 11.6 Å². The van der Waals surface area contributed by atoms with Gasteiger partial charge in [-0.15, -0.1) is 0 Å². The van der Waals surface area contributed by atoms with Gasteiger partial charge in [0.1, 0.15) is 0 Å². The fourth-order valence-electron chi connectivity index (χ4n) is 3.32. The molecule has 2 aliphatic heterocycles. The number of nitrogens with one attached hydrogen (secondary N) is 3. The highest BCUT2D eigenvalue weighted by Gasteiger charge is 2.40. The average molecular weight is 306 g/mol. The monoisotopic (exact) mass is 305 g/mol. The molecule has 1 aromatic heterocycles. The van der Waals surface area contributed by atoms with Crippen molar-refractivity contribution >= 4 is 34.2 Å². The van der Waals surface area contributed by atoms with Crippen LogP contribution in [0.4, 0.5) is 10.5 Å². The number of aromatic nitrogens is 2. The van der Waals surface area contributed by atoms with Crippen LogP contribution < -0.4 is 15.5 Å². The number of anilines is 1. The molecule has 3 heterocycles. The van der Waals surface area contributed by atoms with Crippen molar-refractivity contribution < 1.29 is 4.79 Å². The van der Waals surface area contributed by atoms with E-state index in [9.17, 15) is 4.79 Å². The predicted octanol–water partition coefficient (Wildman–Crippen LogP) is 1.87. The third-order valence-corrected chi connectivity index (χ3v) is 4.75. The normalized spacial score (nSPS) is 20.8. The van der Waals surface area contributed by atoms with Gasteiger partial charge in [0, 0.05) is 35.7 Å². The number of hydrogen-bond acceptors (Lipinski definition) is 3. The van der Waals surface area contributed by atoms with Gasteiger partial charge in [-0.25, -0.2) is 4.79 Å². The number of halogens is 1. The van der Waals surface area contributed by atoms with Crippen molar-refractivity contribution in [3.8, 4) is 0 Å². The highest BCUT2D eigenvalue weighted by Crippen LogP contribution is 2.33. The van der Waals surface area contributed by atoms with Gasteiger partial charge in [-0.05, 0) is 25.0 Å². The largest absolute Gasteiger partial charge is 0.371 e. The topological polar surface area (TPSA) is 73.0 Å². The maximum absolute atomic E-state index is 11.4. The molecule has 0 radical (unpaired) electrons. The number of piperidine rings is 1. The van der Waals surface area contributed by atoms with Crippen LogP contribution in [0.2, 0.25) is 5.02 Å². The molecule has 0 unspecified atom stereocenters. The predicted molar refractivity (Wildman–Crippen MR) is 81.8 cm³/mol. The van der Waals surface area contributed by atoms with Crippen molar-refractivity contribution in [1.29, 1.82) is 0 Å². The van der Waals surface area contributed by atoms with Crippen molar-refractivity contribution in [2.45, 2.75) is 18.4 Å². The van der Waals surface area contributed by atoms with Crippen molar-refractivity contribution in [1.82, 2.24) is 20.8 Å². The first kappa shape index (κ1) is 12.8. The summed E-state index contributed by atoms with van der Waals surface area (Å²) in [5, 5.41) is 14.8. The number of benzene rings is 1. The molecule has 2 fully saturated rings. The molecule has 2 saturated heterocycles. The molecule has 7 heteroatoms. The number of amides is 2. The molecule has 0 aliphatic carbocycles. The Bertz CT molecular complexity index is 704. The zero-order chi connectivity index (χ0) is 14.4. The van der Waals surface area contributed by atoms with Crippen LogP contribution in [0.5, 0.6) is 0 Å². The number of hydrogen-bond donors (Lipinski definition) is 3. The van der Waals surface area contributed by atoms with Crippen LogP contribution in [-0.4, -0.2) is 41.4 Å². The zero-order valence-corrected chi connectivity index (χ0v) is 12.2. The van der Waals surface area contributed by atoms with Gasteiger partial charge in [-0.1, -0.05) is 11.6 Å². The molecule has 6 nitrogen and oxygen atoms in total. The molecule has 1 spiro atoms. The third-order valence-electron chi connectivity index (χ3n) is 4.53. The maximum atomic E-state index is 11.4. The minimum atomic E-state index is -0.0817. The summed E-state index contributed by atoms with van der Waals surface area (Å²) in [6, 6.07) is 3.83. The summed E-state index contributed by atoms with van der Waals surface area (Å²) >= 11 is 6.20. The molecule has 2 aliphatic rings. The average Bonchev–Trinajstić information content (AvgIpc) is 3.06. The van der Waals surface area contributed by atoms with Crippen LogP contribution in [0.25, 0.3) is 10.9 Å². The number of rotatable bonds is 1. The van der Waals surface area contributed by atoms with E-state index in [0.717, 1.165) is 49.1 Å². The summed E-state index contributed by atoms with van der Waals surface area (Å²) in [5.74, 6) is 0. The lowest BCUT2D eigenvalue weighted by Crippen LogP contribution is -2.52. The minimum Gasteiger partial charge on any atom is -0.371 e. The SMILES string of the molecule is O=C1NCC2(CCN(c3cc(Cl)cc4[nH]ncc34)CC2)N1. The van der Waals surface area contributed by atoms with Crippen molar-refractivity contribution in [2.75, 3.05) is 24.5 Å². The third kappa shape index (κ3) is 2.10. The van der Waals surface area contributed by atoms with Crippen LogP contribution in [-0.2, 0) is 0 Å². The van der Waals surface area contributed by atoms with Crippen LogP contribution in [0.1, 0.15) is 12.8 Å². The summed E-state index contributed by atoms with van der Waals surface area (Å²) in [7, 11) is 0. The molecular formula is C14H16ClN5O. The molecule has 3 N–H and O–H groups in total. The molecule has 0 saturated carbocycles. The first-order chi connectivity index (χ1) is 10.2. The standard InChI is InChI=1S/C14H16ClN5O/c15-9-5-11-10(7-17-19-11)12(6-9)20-3-1-14(2-4-20)8-16-13(21)18-14/h5-7H,1-4,8H2,(H,17,19)(H2,16,18,21). The number of carbonyl (C=O) groups is 1. The van der Waals surface area contributed by atoms with Crippen LogP contribution in [0, 0.1) is 0 Å². The van der Waals surface area contributed by atoms with E-state index in [2.05, 4.69) is 25.7 Å². The van der Waals surface area contributed by atoms with Gasteiger partial charge in [0.15, 0.2) is 0 Å². The quantitative estimate of drug-likeness (QED) is 0.753. The fourth-order valence-corrected chi connectivity index (χ4v) is 3.53. The zero-order valence-electron chi connectivity index (χ0n) is 11.4. The number of fused-ring (bicyclic) bond motifs is 1. The molecule has 2 aromatic rings. The molecule has 0 bridgehead atoms. The van der Waals surface area contributed by atoms with Gasteiger partial charge in [0.2, 0.25) is 0 Å². The van der Waals surface area contributed by atoms with E-state index < -0.39 is 0 Å². The molecule has 0 atom stereocenters. The van der Waals surface area contributed by atoms with Gasteiger partial charge in [-0.3, -0.25) is 5.10 Å². The highest BCUT2D eigenvalue weighted by atomic mass is 35.5. The number of nitrogens with zero attached hydrogens (tertiary/aromatic N) is 2. The molecule has 110 valence electrons. The molecule has 1 aromatic carbocycles. The van der Waals surface area contributed by atoms with E-state index in [0.29, 0.717) is 5.02 Å². The summed E-state index contributed by atoms with van der Waals surface area (Å²) in [6.45, 7) is 2.50. The Morgan fingerprint density at radius 2 is 2.10 bits per heavy atom. The van der Waals surface area contributed by atoms with E-state index >= 15 is 0 Å². The Morgan fingerprint density at radius 1 is 1.29 bits per heavy atom. The van der Waals surface area contributed by atoms with E-state index in [1.807, 2.05) is 18.3 Å². The molecular weight excluding hydrogens is 290 g/mol. The van der Waals surface area contributed by atoms with E-state index in [1.165, 1.54) is 0 Å². The Balaban J connectivity index is 1.60. The highest BCUT2D eigenvalue weighted by molar-refractivity contribution is 6.31. The van der Waals surface area contributed by atoms with Crippen LogP contribution in [0.15, 0.2) is 18.3 Å². The number of aromatic amines is 1. The Labute approximate surface area is 126 Å². The van der Waals surface area contributed by atoms with Crippen molar-refractivity contribution in [3.63, 3.8) is 0 Å². The maximum Gasteiger partial charge on any atom is 0.315 e. The minimum absolute atomic E-state index is 0.0524. The van der Waals surface area contributed by atoms with Gasteiger partial charge >= 0.3 is 6.03 Å². The van der Waals surface area contributed by atoms with E-state index in [4.69, 9.17) is 11.6 Å². The Morgan fingerprint density at radius 3 is 2.81 bits per heavy atom. The van der Waals surface area contributed by atoms with Crippen molar-refractivity contribution in [2.24, 2.45) is 0 Å². The Hall–Kier alpha value is -1.95. The number of carbonyl (C=O) groups excluding carboxylic acids is 1. The van der Waals surface area contributed by atoms with Crippen LogP contribution >= 0.6 is 11.6 Å². The van der Waals surface area contributed by atoms with Gasteiger partial charge in [0.25, 0.3) is 0 Å². The summed E-state index contributed by atoms with van der Waals surface area (Å²) in [6.07, 6.45) is 3.69. The van der Waals surface area contributed by atoms with Gasteiger partial charge in [0.05, 0.1) is 17.3 Å². The lowest BCUT2D eigenvalue weighted by atomic mass is 9.88. The first-order valence-electron chi connectivity index (χ1n) is 7.09. The molecule has 21 heavy (non-hydrogen) atoms. The fraction of sp³-hybridized carbons (Fsp3) is 0.429. The summed E-state index contributed by atoms with van der Waals surface area (Å²) in [5.41, 5.74) is 1.98. The summed E-state index contributed by atoms with van der Waals surface area (Å²) in [4.78, 5) is 13.7. The van der Waals surface area contributed by atoms with Gasteiger partial charge < -0.3 is 15.5 Å².